The van der Waals surface area contributed by atoms with Gasteiger partial charge in [-0.25, -0.2) is 4.79 Å². The highest BCUT2D eigenvalue weighted by atomic mass is 32.1. The van der Waals surface area contributed by atoms with Gasteiger partial charge in [-0.2, -0.15) is 18.3 Å². The van der Waals surface area contributed by atoms with Crippen LogP contribution in [0.3, 0.4) is 0 Å². The molecular formula is C23H28F3N3O5S. The first kappa shape index (κ1) is 24.7. The van der Waals surface area contributed by atoms with Gasteiger partial charge in [0.2, 0.25) is 0 Å². The van der Waals surface area contributed by atoms with Crippen LogP contribution in [0.4, 0.5) is 13.2 Å². The lowest BCUT2D eigenvalue weighted by Crippen LogP contribution is -2.50. The van der Waals surface area contributed by atoms with E-state index in [4.69, 9.17) is 9.47 Å². The number of aliphatic hydroxyl groups excluding tert-OH is 1. The summed E-state index contributed by atoms with van der Waals surface area (Å²) in [5.74, 6) is -0.636. The number of rotatable bonds is 5. The number of aromatic nitrogens is 2. The maximum absolute atomic E-state index is 13.6. The second kappa shape index (κ2) is 8.84. The minimum Gasteiger partial charge on any atom is -0.463 e. The van der Waals surface area contributed by atoms with Crippen LogP contribution in [0.15, 0.2) is 12.4 Å². The van der Waals surface area contributed by atoms with E-state index in [-0.39, 0.29) is 31.2 Å². The van der Waals surface area contributed by atoms with Gasteiger partial charge >= 0.3 is 12.1 Å². The van der Waals surface area contributed by atoms with E-state index in [2.05, 4.69) is 10.00 Å². The van der Waals surface area contributed by atoms with Crippen LogP contribution in [0.25, 0.3) is 0 Å². The summed E-state index contributed by atoms with van der Waals surface area (Å²) in [7, 11) is 0. The van der Waals surface area contributed by atoms with E-state index in [0.717, 1.165) is 16.9 Å². The molecule has 0 radical (unpaired) electrons. The quantitative estimate of drug-likeness (QED) is 0.591. The first-order chi connectivity index (χ1) is 16.5. The number of esters is 1. The van der Waals surface area contributed by atoms with Crippen LogP contribution in [0.5, 0.6) is 0 Å². The van der Waals surface area contributed by atoms with Gasteiger partial charge in [0.1, 0.15) is 10.5 Å². The van der Waals surface area contributed by atoms with E-state index < -0.39 is 34.8 Å². The van der Waals surface area contributed by atoms with Gasteiger partial charge in [0.15, 0.2) is 5.60 Å². The summed E-state index contributed by atoms with van der Waals surface area (Å²) in [6.45, 7) is 3.14. The Morgan fingerprint density at radius 2 is 2.11 bits per heavy atom. The van der Waals surface area contributed by atoms with E-state index >= 15 is 0 Å². The molecule has 5 heterocycles. The fourth-order valence-corrected chi connectivity index (χ4v) is 6.95. The minimum absolute atomic E-state index is 0.00419. The predicted octanol–water partition coefficient (Wildman–Crippen LogP) is 2.59. The molecule has 1 spiro atoms. The van der Waals surface area contributed by atoms with Crippen molar-refractivity contribution >= 4 is 17.3 Å². The molecule has 0 bridgehead atoms. The number of ether oxygens (including phenoxy) is 2. The first-order valence-corrected chi connectivity index (χ1v) is 12.5. The first-order valence-electron chi connectivity index (χ1n) is 11.7. The maximum Gasteiger partial charge on any atom is 0.425 e. The summed E-state index contributed by atoms with van der Waals surface area (Å²) >= 11 is 0.721. The fraction of sp³-hybridized carbons (Fsp3) is 0.652. The third-order valence-corrected chi connectivity index (χ3v) is 8.86. The Balaban J connectivity index is 1.30. The van der Waals surface area contributed by atoms with Gasteiger partial charge in [-0.3, -0.25) is 9.58 Å². The lowest BCUT2D eigenvalue weighted by Gasteiger charge is -2.47. The van der Waals surface area contributed by atoms with E-state index in [1.165, 1.54) is 4.68 Å². The molecule has 5 rings (SSSR count). The van der Waals surface area contributed by atoms with Crippen LogP contribution in [0, 0.1) is 0 Å². The van der Waals surface area contributed by atoms with Crippen molar-refractivity contribution < 1.29 is 37.7 Å². The number of alkyl halides is 3. The van der Waals surface area contributed by atoms with Crippen LogP contribution in [-0.4, -0.2) is 62.3 Å². The smallest absolute Gasteiger partial charge is 0.425 e. The lowest BCUT2D eigenvalue weighted by molar-refractivity contribution is -0.154. The molecule has 3 aliphatic rings. The van der Waals surface area contributed by atoms with Gasteiger partial charge in [0.25, 0.3) is 0 Å². The second-order valence-corrected chi connectivity index (χ2v) is 10.7. The van der Waals surface area contributed by atoms with Crippen LogP contribution in [0.2, 0.25) is 0 Å². The van der Waals surface area contributed by atoms with Crippen molar-refractivity contribution in [1.82, 2.24) is 14.7 Å². The Bertz CT molecular complexity index is 1120. The van der Waals surface area contributed by atoms with E-state index in [0.29, 0.717) is 49.4 Å². The summed E-state index contributed by atoms with van der Waals surface area (Å²) in [6, 6.07) is 0.0288. The number of hydrogen-bond acceptors (Lipinski definition) is 8. The Morgan fingerprint density at radius 3 is 2.77 bits per heavy atom. The summed E-state index contributed by atoms with van der Waals surface area (Å²) in [5.41, 5.74) is -0.839. The van der Waals surface area contributed by atoms with Crippen LogP contribution < -0.4 is 0 Å². The second-order valence-electron chi connectivity index (χ2n) is 9.70. The van der Waals surface area contributed by atoms with E-state index in [9.17, 15) is 28.2 Å². The number of halogens is 3. The molecule has 2 fully saturated rings. The van der Waals surface area contributed by atoms with Crippen molar-refractivity contribution in [2.75, 3.05) is 19.8 Å². The number of aliphatic hydroxyl groups is 2. The monoisotopic (exact) mass is 515 g/mol. The van der Waals surface area contributed by atoms with Crippen LogP contribution in [0.1, 0.15) is 52.6 Å². The summed E-state index contributed by atoms with van der Waals surface area (Å²) < 4.78 is 53.5. The van der Waals surface area contributed by atoms with Crippen LogP contribution >= 0.6 is 11.3 Å². The van der Waals surface area contributed by atoms with Crippen molar-refractivity contribution in [3.63, 3.8) is 0 Å². The molecule has 35 heavy (non-hydrogen) atoms. The van der Waals surface area contributed by atoms with Crippen molar-refractivity contribution in [2.24, 2.45) is 0 Å². The van der Waals surface area contributed by atoms with Crippen LogP contribution in [-0.2, 0) is 52.2 Å². The highest BCUT2D eigenvalue weighted by Crippen LogP contribution is 2.51. The lowest BCUT2D eigenvalue weighted by atomic mass is 9.81. The molecule has 2 saturated heterocycles. The molecule has 0 amide bonds. The van der Waals surface area contributed by atoms with Crippen molar-refractivity contribution in [2.45, 2.75) is 75.7 Å². The van der Waals surface area contributed by atoms with Gasteiger partial charge in [0.05, 0.1) is 32.6 Å². The molecule has 3 aliphatic heterocycles. The molecule has 2 aromatic rings. The number of carbonyl (C=O) groups is 1. The number of hydrogen-bond donors (Lipinski definition) is 2. The van der Waals surface area contributed by atoms with Crippen molar-refractivity contribution in [3.05, 3.63) is 38.8 Å². The zero-order chi connectivity index (χ0) is 25.0. The number of piperidine rings is 1. The molecular weight excluding hydrogens is 487 g/mol. The topological polar surface area (TPSA) is 97.1 Å². The average Bonchev–Trinajstić information content (AvgIpc) is 3.48. The van der Waals surface area contributed by atoms with Gasteiger partial charge in [-0.1, -0.05) is 0 Å². The number of carbonyl (C=O) groups excluding carboxylic acids is 1. The molecule has 2 N–H and O–H groups in total. The molecule has 12 heteroatoms. The van der Waals surface area contributed by atoms with Gasteiger partial charge < -0.3 is 19.7 Å². The van der Waals surface area contributed by atoms with Gasteiger partial charge in [0, 0.05) is 47.8 Å². The molecule has 3 atom stereocenters. The SMILES string of the molecule is C[C@H]1C[C@@]2(CCN1Cc1cnn(CC3(O)CCOC3=O)c1)OCCc1c2sc(C(F)(F)F)c1CO. The number of nitrogens with zero attached hydrogens (tertiary/aromatic N) is 3. The number of thiophene rings is 1. The molecule has 0 aromatic carbocycles. The summed E-state index contributed by atoms with van der Waals surface area (Å²) in [4.78, 5) is 13.9. The standard InChI is InChI=1S/C23H28F3N3O5S/c1-14-8-22(18-16(2-6-34-22)17(12-30)19(35-18)23(24,25)26)3-5-28(14)10-15-9-27-29(11-15)13-21(32)4-7-33-20(21)31/h9,11,14,30,32H,2-8,10,12-13H2,1H3/t14-,21?,22+/m0/s1. The van der Waals surface area contributed by atoms with Crippen molar-refractivity contribution in [3.8, 4) is 0 Å². The average molecular weight is 516 g/mol. The fourth-order valence-electron chi connectivity index (χ4n) is 5.54. The van der Waals surface area contributed by atoms with Gasteiger partial charge in [-0.05, 0) is 31.7 Å². The highest BCUT2D eigenvalue weighted by molar-refractivity contribution is 7.12. The molecule has 8 nitrogen and oxygen atoms in total. The van der Waals surface area contributed by atoms with E-state index in [1.807, 2.05) is 6.92 Å². The summed E-state index contributed by atoms with van der Waals surface area (Å²) in [5, 5.41) is 24.4. The molecule has 1 unspecified atom stereocenters. The minimum atomic E-state index is -4.50. The Kier molecular flexibility index (Phi) is 6.24. The molecule has 192 valence electrons. The zero-order valence-corrected chi connectivity index (χ0v) is 20.1. The third kappa shape index (κ3) is 4.39. The third-order valence-electron chi connectivity index (χ3n) is 7.35. The zero-order valence-electron chi connectivity index (χ0n) is 19.3. The van der Waals surface area contributed by atoms with Crippen molar-refractivity contribution in [1.29, 1.82) is 0 Å². The molecule has 0 aliphatic carbocycles. The normalized spacial score (nSPS) is 29.5. The Labute approximate surface area is 204 Å². The number of cyclic esters (lactones) is 1. The predicted molar refractivity (Wildman–Crippen MR) is 118 cm³/mol. The highest BCUT2D eigenvalue weighted by Gasteiger charge is 2.49. The number of fused-ring (bicyclic) bond motifs is 2. The van der Waals surface area contributed by atoms with E-state index in [1.54, 1.807) is 12.4 Å². The number of likely N-dealkylation sites (tertiary alicyclic amines) is 1. The Hall–Kier alpha value is -1.99. The van der Waals surface area contributed by atoms with Gasteiger partial charge in [-0.15, -0.1) is 11.3 Å². The summed E-state index contributed by atoms with van der Waals surface area (Å²) in [6.07, 6.45) is 0.670. The maximum atomic E-state index is 13.6. The molecule has 2 aromatic heterocycles. The largest absolute Gasteiger partial charge is 0.463 e. The Morgan fingerprint density at radius 1 is 1.31 bits per heavy atom. The molecule has 0 saturated carbocycles.